The number of nitrogens with one attached hydrogen (secondary N) is 1. The van der Waals surface area contributed by atoms with Crippen molar-refractivity contribution in [3.63, 3.8) is 0 Å². The van der Waals surface area contributed by atoms with Gasteiger partial charge in [-0.2, -0.15) is 10.2 Å². The van der Waals surface area contributed by atoms with Gasteiger partial charge in [-0.05, 0) is 12.5 Å². The average molecular weight is 254 g/mol. The van der Waals surface area contributed by atoms with Gasteiger partial charge in [-0.15, -0.1) is 5.10 Å². The zero-order valence-corrected chi connectivity index (χ0v) is 10.1. The topological polar surface area (TPSA) is 89.6 Å². The number of hydrogen-bond donors (Lipinski definition) is 1. The summed E-state index contributed by atoms with van der Waals surface area (Å²) in [6.07, 6.45) is 7.10. The highest BCUT2D eigenvalue weighted by molar-refractivity contribution is 5.87. The van der Waals surface area contributed by atoms with Crippen molar-refractivity contribution in [2.24, 2.45) is 0 Å². The first kappa shape index (κ1) is 10.2. The van der Waals surface area contributed by atoms with Gasteiger partial charge in [-0.3, -0.25) is 9.78 Å². The highest BCUT2D eigenvalue weighted by Gasteiger charge is 2.10. The second-order valence-corrected chi connectivity index (χ2v) is 4.39. The molecule has 0 aliphatic heterocycles. The maximum Gasteiger partial charge on any atom is 0.173 e. The number of fused-ring (bicyclic) bond motifs is 3. The van der Waals surface area contributed by atoms with Crippen molar-refractivity contribution in [1.29, 1.82) is 0 Å². The Labute approximate surface area is 107 Å². The van der Waals surface area contributed by atoms with E-state index >= 15 is 0 Å². The maximum absolute atomic E-state index is 4.51. The predicted molar refractivity (Wildman–Crippen MR) is 66.5 cm³/mol. The lowest BCUT2D eigenvalue weighted by Gasteiger charge is -1.94. The largest absolute Gasteiger partial charge is 0.265 e. The molecule has 0 bridgehead atoms. The van der Waals surface area contributed by atoms with Crippen molar-refractivity contribution in [2.45, 2.75) is 13.5 Å². The lowest BCUT2D eigenvalue weighted by molar-refractivity contribution is 0.653. The van der Waals surface area contributed by atoms with Gasteiger partial charge < -0.3 is 0 Å². The normalized spacial score (nSPS) is 11.6. The standard InChI is InChI=1S/C11H10N8/c1-7-2-14-18(4-7)5-9-15-11-8-3-13-16-10(8)12-6-19(11)17-9/h2-4,6H,5H2,1H3,(H,13,16). The summed E-state index contributed by atoms with van der Waals surface area (Å²) in [5.74, 6) is 0.693. The van der Waals surface area contributed by atoms with Crippen LogP contribution in [0.1, 0.15) is 11.4 Å². The van der Waals surface area contributed by atoms with E-state index < -0.39 is 0 Å². The molecule has 8 heteroatoms. The van der Waals surface area contributed by atoms with E-state index in [1.807, 2.05) is 24.0 Å². The van der Waals surface area contributed by atoms with Crippen molar-refractivity contribution in [2.75, 3.05) is 0 Å². The number of aryl methyl sites for hydroxylation is 1. The summed E-state index contributed by atoms with van der Waals surface area (Å²) in [7, 11) is 0. The van der Waals surface area contributed by atoms with Crippen molar-refractivity contribution < 1.29 is 0 Å². The second kappa shape index (κ2) is 3.61. The molecule has 0 saturated carbocycles. The minimum atomic E-state index is 0.537. The Hall–Kier alpha value is -2.77. The van der Waals surface area contributed by atoms with Crippen LogP contribution in [0.5, 0.6) is 0 Å². The van der Waals surface area contributed by atoms with Crippen LogP contribution in [0.25, 0.3) is 16.7 Å². The third kappa shape index (κ3) is 1.57. The van der Waals surface area contributed by atoms with E-state index in [4.69, 9.17) is 0 Å². The summed E-state index contributed by atoms with van der Waals surface area (Å²) in [5, 5.41) is 16.2. The molecule has 0 saturated heterocycles. The molecule has 0 amide bonds. The van der Waals surface area contributed by atoms with Crippen LogP contribution in [0.15, 0.2) is 24.9 Å². The molecule has 8 nitrogen and oxygen atoms in total. The predicted octanol–water partition coefficient (Wildman–Crippen LogP) is 0.554. The van der Waals surface area contributed by atoms with Gasteiger partial charge in [0, 0.05) is 6.20 Å². The van der Waals surface area contributed by atoms with E-state index in [-0.39, 0.29) is 0 Å². The monoisotopic (exact) mass is 254 g/mol. The third-order valence-corrected chi connectivity index (χ3v) is 2.90. The number of H-pyrrole nitrogens is 1. The average Bonchev–Trinajstić information content (AvgIpc) is 3.07. The van der Waals surface area contributed by atoms with E-state index in [0.29, 0.717) is 18.0 Å². The first-order chi connectivity index (χ1) is 9.29. The van der Waals surface area contributed by atoms with Crippen LogP contribution < -0.4 is 0 Å². The maximum atomic E-state index is 4.51. The summed E-state index contributed by atoms with van der Waals surface area (Å²) in [6.45, 7) is 2.54. The summed E-state index contributed by atoms with van der Waals surface area (Å²) in [4.78, 5) is 8.72. The highest BCUT2D eigenvalue weighted by Crippen LogP contribution is 2.13. The van der Waals surface area contributed by atoms with Crippen LogP contribution in [-0.4, -0.2) is 39.6 Å². The Morgan fingerprint density at radius 1 is 1.32 bits per heavy atom. The Morgan fingerprint density at radius 3 is 3.11 bits per heavy atom. The fourth-order valence-corrected chi connectivity index (χ4v) is 2.05. The third-order valence-electron chi connectivity index (χ3n) is 2.90. The Balaban J connectivity index is 1.82. The summed E-state index contributed by atoms with van der Waals surface area (Å²) in [6, 6.07) is 0. The zero-order chi connectivity index (χ0) is 12.8. The van der Waals surface area contributed by atoms with Crippen molar-refractivity contribution >= 4 is 16.7 Å². The van der Waals surface area contributed by atoms with Crippen molar-refractivity contribution in [1.82, 2.24) is 39.6 Å². The molecule has 0 spiro atoms. The van der Waals surface area contributed by atoms with Crippen molar-refractivity contribution in [3.8, 4) is 0 Å². The number of aromatic amines is 1. The SMILES string of the molecule is Cc1cnn(Cc2nc3c4cn[nH]c4ncn3n2)c1. The molecule has 4 rings (SSSR count). The molecule has 0 aromatic carbocycles. The fourth-order valence-electron chi connectivity index (χ4n) is 2.05. The van der Waals surface area contributed by atoms with Gasteiger partial charge in [0.15, 0.2) is 17.1 Å². The van der Waals surface area contributed by atoms with Crippen LogP contribution in [-0.2, 0) is 6.54 Å². The molecule has 19 heavy (non-hydrogen) atoms. The molecular weight excluding hydrogens is 244 g/mol. The van der Waals surface area contributed by atoms with E-state index in [9.17, 15) is 0 Å². The van der Waals surface area contributed by atoms with Gasteiger partial charge in [0.25, 0.3) is 0 Å². The minimum absolute atomic E-state index is 0.537. The molecule has 1 N–H and O–H groups in total. The van der Waals surface area contributed by atoms with E-state index in [2.05, 4.69) is 30.4 Å². The van der Waals surface area contributed by atoms with Gasteiger partial charge in [-0.1, -0.05) is 0 Å². The van der Waals surface area contributed by atoms with E-state index in [1.165, 1.54) is 0 Å². The number of hydrogen-bond acceptors (Lipinski definition) is 5. The lowest BCUT2D eigenvalue weighted by atomic mass is 10.4. The van der Waals surface area contributed by atoms with Crippen LogP contribution >= 0.6 is 0 Å². The number of aromatic nitrogens is 8. The Morgan fingerprint density at radius 2 is 2.26 bits per heavy atom. The van der Waals surface area contributed by atoms with Gasteiger partial charge >= 0.3 is 0 Å². The summed E-state index contributed by atoms with van der Waals surface area (Å²) in [5.41, 5.74) is 2.57. The van der Waals surface area contributed by atoms with Gasteiger partial charge in [-0.25, -0.2) is 14.5 Å². The van der Waals surface area contributed by atoms with Crippen LogP contribution in [0, 0.1) is 6.92 Å². The fraction of sp³-hybridized carbons (Fsp3) is 0.182. The van der Waals surface area contributed by atoms with E-state index in [1.54, 1.807) is 17.0 Å². The van der Waals surface area contributed by atoms with Gasteiger partial charge in [0.2, 0.25) is 0 Å². The smallest absolute Gasteiger partial charge is 0.173 e. The molecule has 0 aliphatic carbocycles. The number of rotatable bonds is 2. The molecule has 4 aromatic rings. The quantitative estimate of drug-likeness (QED) is 0.564. The molecule has 4 aromatic heterocycles. The molecule has 0 fully saturated rings. The van der Waals surface area contributed by atoms with E-state index in [0.717, 1.165) is 16.6 Å². The first-order valence-corrected chi connectivity index (χ1v) is 5.82. The molecular formula is C11H10N8. The van der Waals surface area contributed by atoms with Crippen molar-refractivity contribution in [3.05, 3.63) is 36.3 Å². The first-order valence-electron chi connectivity index (χ1n) is 5.82. The zero-order valence-electron chi connectivity index (χ0n) is 10.1. The Kier molecular flexibility index (Phi) is 1.93. The van der Waals surface area contributed by atoms with Crippen LogP contribution in [0.3, 0.4) is 0 Å². The number of nitrogens with zero attached hydrogens (tertiary/aromatic N) is 7. The molecule has 0 radical (unpaired) electrons. The summed E-state index contributed by atoms with van der Waals surface area (Å²) >= 11 is 0. The van der Waals surface area contributed by atoms with Crippen LogP contribution in [0.2, 0.25) is 0 Å². The van der Waals surface area contributed by atoms with Crippen LogP contribution in [0.4, 0.5) is 0 Å². The highest BCUT2D eigenvalue weighted by atomic mass is 15.3. The molecule has 94 valence electrons. The second-order valence-electron chi connectivity index (χ2n) is 4.39. The van der Waals surface area contributed by atoms with Gasteiger partial charge in [0.1, 0.15) is 12.9 Å². The molecule has 4 heterocycles. The lowest BCUT2D eigenvalue weighted by Crippen LogP contribution is -2.02. The molecule has 0 atom stereocenters. The molecule has 0 aliphatic rings. The minimum Gasteiger partial charge on any atom is -0.265 e. The molecule has 0 unspecified atom stereocenters. The van der Waals surface area contributed by atoms with Gasteiger partial charge in [0.05, 0.1) is 17.8 Å². The Bertz CT molecular complexity index is 867. The summed E-state index contributed by atoms with van der Waals surface area (Å²) < 4.78 is 3.47.